The topological polar surface area (TPSA) is 84.4 Å². The normalized spacial score (nSPS) is 10.3. The Balaban J connectivity index is 2.14. The van der Waals surface area contributed by atoms with Crippen molar-refractivity contribution in [2.75, 3.05) is 29.9 Å². The van der Waals surface area contributed by atoms with Crippen LogP contribution in [0.4, 0.5) is 11.5 Å². The molecule has 2 rings (SSSR count). The summed E-state index contributed by atoms with van der Waals surface area (Å²) in [4.78, 5) is 35.3. The number of rotatable bonds is 9. The van der Waals surface area contributed by atoms with Crippen molar-refractivity contribution in [2.45, 2.75) is 33.6 Å². The van der Waals surface area contributed by atoms with Gasteiger partial charge in [0.1, 0.15) is 11.5 Å². The summed E-state index contributed by atoms with van der Waals surface area (Å²) in [5.41, 5.74) is 0.866. The van der Waals surface area contributed by atoms with E-state index in [0.29, 0.717) is 11.3 Å². The van der Waals surface area contributed by atoms with E-state index in [4.69, 9.17) is 4.74 Å². The number of nitrogens with zero attached hydrogens (tertiary/aromatic N) is 3. The highest BCUT2D eigenvalue weighted by Gasteiger charge is 2.16. The molecule has 1 aromatic heterocycles. The van der Waals surface area contributed by atoms with Gasteiger partial charge in [-0.1, -0.05) is 26.0 Å². The van der Waals surface area contributed by atoms with Gasteiger partial charge in [0.25, 0.3) is 5.91 Å². The Labute approximate surface area is 159 Å². The van der Waals surface area contributed by atoms with E-state index >= 15 is 0 Å². The van der Waals surface area contributed by atoms with Gasteiger partial charge in [0.05, 0.1) is 30.3 Å². The molecule has 0 spiro atoms. The molecule has 27 heavy (non-hydrogen) atoms. The van der Waals surface area contributed by atoms with Gasteiger partial charge < -0.3 is 15.0 Å². The van der Waals surface area contributed by atoms with Crippen LogP contribution in [0.2, 0.25) is 0 Å². The van der Waals surface area contributed by atoms with Crippen LogP contribution in [-0.4, -0.2) is 41.5 Å². The standard InChI is InChI=1S/C20H26N4O3/c1-4-11-24(12-5-2)18-14-21-17(13-22-18)19(25)23-16-10-8-7-9-15(16)20(26)27-6-3/h7-10,13-14H,4-6,11-12H2,1-3H3,(H,23,25). The Hall–Kier alpha value is -2.96. The number of aromatic nitrogens is 2. The first-order valence-corrected chi connectivity index (χ1v) is 9.25. The van der Waals surface area contributed by atoms with E-state index in [-0.39, 0.29) is 12.3 Å². The van der Waals surface area contributed by atoms with Crippen molar-refractivity contribution in [2.24, 2.45) is 0 Å². The molecular formula is C20H26N4O3. The maximum absolute atomic E-state index is 12.5. The monoisotopic (exact) mass is 370 g/mol. The molecule has 0 aliphatic carbocycles. The number of esters is 1. The highest BCUT2D eigenvalue weighted by atomic mass is 16.5. The van der Waals surface area contributed by atoms with E-state index in [2.05, 4.69) is 34.0 Å². The summed E-state index contributed by atoms with van der Waals surface area (Å²) in [6.07, 6.45) is 5.08. The Bertz CT molecular complexity index is 756. The first kappa shape index (κ1) is 20.4. The fourth-order valence-electron chi connectivity index (χ4n) is 2.65. The van der Waals surface area contributed by atoms with Gasteiger partial charge in [-0.2, -0.15) is 0 Å². The number of nitrogens with one attached hydrogen (secondary N) is 1. The van der Waals surface area contributed by atoms with Crippen molar-refractivity contribution in [3.8, 4) is 0 Å². The molecule has 0 unspecified atom stereocenters. The average molecular weight is 370 g/mol. The van der Waals surface area contributed by atoms with E-state index in [1.165, 1.54) is 6.20 Å². The van der Waals surface area contributed by atoms with Crippen molar-refractivity contribution in [1.82, 2.24) is 9.97 Å². The lowest BCUT2D eigenvalue weighted by molar-refractivity contribution is 0.0527. The number of carbonyl (C=O) groups excluding carboxylic acids is 2. The number of carbonyl (C=O) groups is 2. The maximum Gasteiger partial charge on any atom is 0.340 e. The Kier molecular flexibility index (Phi) is 7.73. The number of hydrogen-bond acceptors (Lipinski definition) is 6. The van der Waals surface area contributed by atoms with Crippen LogP contribution >= 0.6 is 0 Å². The first-order valence-electron chi connectivity index (χ1n) is 9.25. The van der Waals surface area contributed by atoms with Crippen LogP contribution in [0.5, 0.6) is 0 Å². The Morgan fingerprint density at radius 2 is 1.74 bits per heavy atom. The third kappa shape index (κ3) is 5.51. The number of hydrogen-bond donors (Lipinski definition) is 1. The van der Waals surface area contributed by atoms with Crippen molar-refractivity contribution < 1.29 is 14.3 Å². The summed E-state index contributed by atoms with van der Waals surface area (Å²) in [5, 5.41) is 2.71. The number of benzene rings is 1. The molecule has 1 N–H and O–H groups in total. The Morgan fingerprint density at radius 1 is 1.04 bits per heavy atom. The molecule has 1 heterocycles. The summed E-state index contributed by atoms with van der Waals surface area (Å²) < 4.78 is 5.02. The molecule has 1 aromatic carbocycles. The van der Waals surface area contributed by atoms with Gasteiger partial charge in [0, 0.05) is 13.1 Å². The summed E-state index contributed by atoms with van der Waals surface area (Å²) in [7, 11) is 0. The van der Waals surface area contributed by atoms with Gasteiger partial charge in [0.2, 0.25) is 0 Å². The third-order valence-electron chi connectivity index (χ3n) is 3.85. The third-order valence-corrected chi connectivity index (χ3v) is 3.85. The molecule has 1 amide bonds. The molecular weight excluding hydrogens is 344 g/mol. The van der Waals surface area contributed by atoms with Gasteiger partial charge in [-0.25, -0.2) is 14.8 Å². The van der Waals surface area contributed by atoms with Crippen LogP contribution in [0.25, 0.3) is 0 Å². The number of anilines is 2. The first-order chi connectivity index (χ1) is 13.1. The van der Waals surface area contributed by atoms with Crippen molar-refractivity contribution in [1.29, 1.82) is 0 Å². The van der Waals surface area contributed by atoms with E-state index in [1.807, 2.05) is 0 Å². The van der Waals surface area contributed by atoms with Gasteiger partial charge in [-0.05, 0) is 31.9 Å². The minimum Gasteiger partial charge on any atom is -0.462 e. The smallest absolute Gasteiger partial charge is 0.340 e. The van der Waals surface area contributed by atoms with Crippen LogP contribution in [0.15, 0.2) is 36.7 Å². The fraction of sp³-hybridized carbons (Fsp3) is 0.400. The summed E-state index contributed by atoms with van der Waals surface area (Å²) >= 11 is 0. The second-order valence-corrected chi connectivity index (χ2v) is 5.97. The second kappa shape index (κ2) is 10.3. The molecule has 0 bridgehead atoms. The number of para-hydroxylation sites is 1. The van der Waals surface area contributed by atoms with Crippen molar-refractivity contribution in [3.05, 3.63) is 47.9 Å². The second-order valence-electron chi connectivity index (χ2n) is 5.97. The van der Waals surface area contributed by atoms with Gasteiger partial charge >= 0.3 is 5.97 Å². The Morgan fingerprint density at radius 3 is 2.33 bits per heavy atom. The van der Waals surface area contributed by atoms with Crippen LogP contribution in [-0.2, 0) is 4.74 Å². The lowest BCUT2D eigenvalue weighted by Crippen LogP contribution is -2.26. The molecule has 0 aliphatic heterocycles. The van der Waals surface area contributed by atoms with E-state index < -0.39 is 11.9 Å². The maximum atomic E-state index is 12.5. The molecule has 0 saturated heterocycles. The number of ether oxygens (including phenoxy) is 1. The van der Waals surface area contributed by atoms with E-state index in [9.17, 15) is 9.59 Å². The molecule has 0 radical (unpaired) electrons. The fourth-order valence-corrected chi connectivity index (χ4v) is 2.65. The summed E-state index contributed by atoms with van der Waals surface area (Å²) in [5.74, 6) is -0.157. The zero-order chi connectivity index (χ0) is 19.6. The average Bonchev–Trinajstić information content (AvgIpc) is 2.68. The quantitative estimate of drug-likeness (QED) is 0.680. The van der Waals surface area contributed by atoms with E-state index in [1.54, 1.807) is 37.4 Å². The minimum atomic E-state index is -0.482. The molecule has 0 aliphatic rings. The SMILES string of the molecule is CCCN(CCC)c1cnc(C(=O)Nc2ccccc2C(=O)OCC)cn1. The van der Waals surface area contributed by atoms with Crippen LogP contribution < -0.4 is 10.2 Å². The molecule has 144 valence electrons. The number of amides is 1. The molecule has 2 aromatic rings. The van der Waals surface area contributed by atoms with Crippen LogP contribution in [0.3, 0.4) is 0 Å². The van der Waals surface area contributed by atoms with Gasteiger partial charge in [-0.15, -0.1) is 0 Å². The van der Waals surface area contributed by atoms with Crippen LogP contribution in [0.1, 0.15) is 54.5 Å². The van der Waals surface area contributed by atoms with E-state index in [0.717, 1.165) is 31.7 Å². The highest BCUT2D eigenvalue weighted by molar-refractivity contribution is 6.06. The predicted octanol–water partition coefficient (Wildman–Crippen LogP) is 3.53. The lowest BCUT2D eigenvalue weighted by Gasteiger charge is -2.22. The zero-order valence-corrected chi connectivity index (χ0v) is 16.1. The molecule has 0 atom stereocenters. The minimum absolute atomic E-state index is 0.186. The lowest BCUT2D eigenvalue weighted by atomic mass is 10.1. The predicted molar refractivity (Wildman–Crippen MR) is 105 cm³/mol. The van der Waals surface area contributed by atoms with Gasteiger partial charge in [0.15, 0.2) is 0 Å². The molecule has 0 saturated carbocycles. The van der Waals surface area contributed by atoms with Crippen LogP contribution in [0, 0.1) is 0 Å². The summed E-state index contributed by atoms with van der Waals surface area (Å²) in [6.45, 7) is 8.00. The highest BCUT2D eigenvalue weighted by Crippen LogP contribution is 2.17. The molecule has 7 nitrogen and oxygen atoms in total. The largest absolute Gasteiger partial charge is 0.462 e. The van der Waals surface area contributed by atoms with Crippen molar-refractivity contribution >= 4 is 23.4 Å². The summed E-state index contributed by atoms with van der Waals surface area (Å²) in [6, 6.07) is 6.71. The molecule has 7 heteroatoms. The zero-order valence-electron chi connectivity index (χ0n) is 16.1. The van der Waals surface area contributed by atoms with Gasteiger partial charge in [-0.3, -0.25) is 4.79 Å². The van der Waals surface area contributed by atoms with Crippen molar-refractivity contribution in [3.63, 3.8) is 0 Å². The molecule has 0 fully saturated rings.